The molecule has 16 heavy (non-hydrogen) atoms. The summed E-state index contributed by atoms with van der Waals surface area (Å²) < 4.78 is 39.2. The van der Waals surface area contributed by atoms with Crippen LogP contribution >= 0.6 is 24.0 Å². The number of aliphatic hydroxyl groups excluding tert-OH is 1. The third-order valence-electron chi connectivity index (χ3n) is 1.98. The molecule has 0 aliphatic heterocycles. The Balaban J connectivity index is 0.00000225. The summed E-state index contributed by atoms with van der Waals surface area (Å²) in [7, 11) is 0. The van der Waals surface area contributed by atoms with Gasteiger partial charge in [-0.2, -0.15) is 0 Å². The first-order valence-corrected chi connectivity index (χ1v) is 4.46. The first-order valence-electron chi connectivity index (χ1n) is 4.08. The molecule has 0 amide bonds. The van der Waals surface area contributed by atoms with Gasteiger partial charge in [-0.1, -0.05) is 23.7 Å². The predicted molar refractivity (Wildman–Crippen MR) is 57.6 cm³/mol. The Morgan fingerprint density at radius 3 is 2.50 bits per heavy atom. The van der Waals surface area contributed by atoms with E-state index in [1.165, 1.54) is 12.1 Å². The van der Waals surface area contributed by atoms with Crippen molar-refractivity contribution in [2.24, 2.45) is 5.73 Å². The van der Waals surface area contributed by atoms with Gasteiger partial charge in [0.25, 0.3) is 5.92 Å². The number of hydrogen-bond donors (Lipinski definition) is 2. The molecule has 0 aromatic heterocycles. The third-order valence-corrected chi connectivity index (χ3v) is 2.27. The molecule has 0 saturated heterocycles. The van der Waals surface area contributed by atoms with Gasteiger partial charge in [0.2, 0.25) is 0 Å². The second kappa shape index (κ2) is 5.72. The van der Waals surface area contributed by atoms with E-state index in [4.69, 9.17) is 22.4 Å². The largest absolute Gasteiger partial charge is 0.390 e. The van der Waals surface area contributed by atoms with E-state index in [-0.39, 0.29) is 17.4 Å². The molecule has 0 radical (unpaired) electrons. The van der Waals surface area contributed by atoms with E-state index in [0.717, 1.165) is 6.07 Å². The number of hydrogen-bond acceptors (Lipinski definition) is 2. The predicted octanol–water partition coefficient (Wildman–Crippen LogP) is 2.53. The van der Waals surface area contributed by atoms with Gasteiger partial charge in [0, 0.05) is 5.56 Å². The van der Waals surface area contributed by atoms with E-state index < -0.39 is 30.0 Å². The maximum atomic E-state index is 13.3. The summed E-state index contributed by atoms with van der Waals surface area (Å²) in [5.74, 6) is -4.56. The molecule has 1 rings (SSSR count). The first kappa shape index (κ1) is 15.5. The molecule has 92 valence electrons. The fraction of sp³-hybridized carbons (Fsp3) is 0.333. The van der Waals surface area contributed by atoms with Crippen molar-refractivity contribution in [1.29, 1.82) is 0 Å². The van der Waals surface area contributed by atoms with Crippen LogP contribution in [0, 0.1) is 5.82 Å². The molecule has 1 atom stereocenters. The minimum absolute atomic E-state index is 0. The van der Waals surface area contributed by atoms with Gasteiger partial charge in [-0.05, 0) is 6.07 Å². The highest BCUT2D eigenvalue weighted by atomic mass is 35.5. The second-order valence-corrected chi connectivity index (χ2v) is 3.45. The minimum Gasteiger partial charge on any atom is -0.390 e. The fourth-order valence-corrected chi connectivity index (χ4v) is 1.27. The molecule has 1 aromatic carbocycles. The molecule has 1 aromatic rings. The number of halogens is 5. The van der Waals surface area contributed by atoms with E-state index in [2.05, 4.69) is 0 Å². The zero-order chi connectivity index (χ0) is 11.6. The maximum Gasteiger partial charge on any atom is 0.289 e. The van der Waals surface area contributed by atoms with Gasteiger partial charge in [-0.15, -0.1) is 12.4 Å². The van der Waals surface area contributed by atoms with E-state index >= 15 is 0 Å². The summed E-state index contributed by atoms with van der Waals surface area (Å²) >= 11 is 5.41. The highest BCUT2D eigenvalue weighted by molar-refractivity contribution is 6.30. The smallest absolute Gasteiger partial charge is 0.289 e. The molecule has 0 aliphatic rings. The molecule has 0 bridgehead atoms. The number of aliphatic hydroxyl groups is 1. The topological polar surface area (TPSA) is 46.2 Å². The first-order chi connectivity index (χ1) is 6.90. The van der Waals surface area contributed by atoms with Crippen LogP contribution in [0.5, 0.6) is 0 Å². The number of alkyl halides is 2. The van der Waals surface area contributed by atoms with E-state index in [9.17, 15) is 13.2 Å². The highest BCUT2D eigenvalue weighted by Crippen LogP contribution is 2.32. The Kier molecular flexibility index (Phi) is 5.55. The van der Waals surface area contributed by atoms with Crippen LogP contribution in [0.3, 0.4) is 0 Å². The zero-order valence-electron chi connectivity index (χ0n) is 7.96. The minimum atomic E-state index is -3.58. The van der Waals surface area contributed by atoms with Crippen LogP contribution in [0.25, 0.3) is 0 Å². The van der Waals surface area contributed by atoms with E-state index in [0.29, 0.717) is 0 Å². The lowest BCUT2D eigenvalue weighted by atomic mass is 10.0. The molecule has 0 heterocycles. The lowest BCUT2D eigenvalue weighted by Gasteiger charge is -2.22. The lowest BCUT2D eigenvalue weighted by molar-refractivity contribution is -0.0718. The van der Waals surface area contributed by atoms with Gasteiger partial charge >= 0.3 is 0 Å². The molecule has 0 aliphatic carbocycles. The molecule has 3 N–H and O–H groups in total. The fourth-order valence-electron chi connectivity index (χ4n) is 1.09. The van der Waals surface area contributed by atoms with Crippen molar-refractivity contribution in [3.63, 3.8) is 0 Å². The van der Waals surface area contributed by atoms with Crippen molar-refractivity contribution in [3.8, 4) is 0 Å². The molecule has 0 spiro atoms. The summed E-state index contributed by atoms with van der Waals surface area (Å²) in [6.45, 7) is -1.44. The lowest BCUT2D eigenvalue weighted by Crippen LogP contribution is -2.36. The number of nitrogens with two attached hydrogens (primary N) is 1. The summed E-state index contributed by atoms with van der Waals surface area (Å²) in [4.78, 5) is 0. The van der Waals surface area contributed by atoms with Crippen LogP contribution in [-0.2, 0) is 0 Å². The molecular weight excluding hydrogens is 266 g/mol. The summed E-state index contributed by atoms with van der Waals surface area (Å²) in [6, 6.07) is 1.73. The zero-order valence-corrected chi connectivity index (χ0v) is 9.53. The van der Waals surface area contributed by atoms with Crippen LogP contribution in [0.2, 0.25) is 5.02 Å². The molecule has 0 unspecified atom stereocenters. The second-order valence-electron chi connectivity index (χ2n) is 3.04. The SMILES string of the molecule is Cl.N[C@H](c1cccc(Cl)c1F)C(F)(F)CO. The average molecular weight is 276 g/mol. The Morgan fingerprint density at radius 1 is 1.44 bits per heavy atom. The molecule has 7 heteroatoms. The van der Waals surface area contributed by atoms with Crippen molar-refractivity contribution in [3.05, 3.63) is 34.6 Å². The van der Waals surface area contributed by atoms with Gasteiger partial charge in [-0.25, -0.2) is 13.2 Å². The number of benzene rings is 1. The standard InChI is InChI=1S/C9H9ClF3NO.ClH/c10-6-3-1-2-5(7(6)11)8(14)9(12,13)4-15;/h1-3,8,15H,4,14H2;1H/t8-;/m1./s1. The molecule has 0 fully saturated rings. The van der Waals surface area contributed by atoms with Crippen LogP contribution < -0.4 is 5.73 Å². The van der Waals surface area contributed by atoms with Gasteiger partial charge < -0.3 is 10.8 Å². The van der Waals surface area contributed by atoms with Crippen LogP contribution in [0.4, 0.5) is 13.2 Å². The Hall–Kier alpha value is -0.490. The Morgan fingerprint density at radius 2 is 2.00 bits per heavy atom. The highest BCUT2D eigenvalue weighted by Gasteiger charge is 2.38. The van der Waals surface area contributed by atoms with Crippen LogP contribution in [0.15, 0.2) is 18.2 Å². The van der Waals surface area contributed by atoms with Crippen LogP contribution in [-0.4, -0.2) is 17.6 Å². The molecule has 0 saturated carbocycles. The van der Waals surface area contributed by atoms with Crippen molar-refractivity contribution < 1.29 is 18.3 Å². The maximum absolute atomic E-state index is 13.3. The molecular formula is C9H10Cl2F3NO. The number of rotatable bonds is 3. The Bertz CT molecular complexity index is 363. The van der Waals surface area contributed by atoms with Crippen molar-refractivity contribution >= 4 is 24.0 Å². The Labute approximate surface area is 102 Å². The van der Waals surface area contributed by atoms with Gasteiger partial charge in [0.05, 0.1) is 11.1 Å². The summed E-state index contributed by atoms with van der Waals surface area (Å²) in [5, 5.41) is 8.12. The van der Waals surface area contributed by atoms with Gasteiger partial charge in [0.15, 0.2) is 0 Å². The van der Waals surface area contributed by atoms with Crippen LogP contribution in [0.1, 0.15) is 11.6 Å². The van der Waals surface area contributed by atoms with Crippen molar-refractivity contribution in [1.82, 2.24) is 0 Å². The average Bonchev–Trinajstić information content (AvgIpc) is 2.21. The quantitative estimate of drug-likeness (QED) is 0.891. The van der Waals surface area contributed by atoms with Gasteiger partial charge in [-0.3, -0.25) is 0 Å². The van der Waals surface area contributed by atoms with Gasteiger partial charge in [0.1, 0.15) is 12.4 Å². The monoisotopic (exact) mass is 275 g/mol. The van der Waals surface area contributed by atoms with E-state index in [1.54, 1.807) is 0 Å². The van der Waals surface area contributed by atoms with E-state index in [1.807, 2.05) is 0 Å². The normalized spacial score (nSPS) is 13.1. The van der Waals surface area contributed by atoms with Crippen molar-refractivity contribution in [2.75, 3.05) is 6.61 Å². The summed E-state index contributed by atoms with van der Waals surface area (Å²) in [6.07, 6.45) is 0. The third kappa shape index (κ3) is 3.01. The molecule has 2 nitrogen and oxygen atoms in total. The summed E-state index contributed by atoms with van der Waals surface area (Å²) in [5.41, 5.74) is 4.73. The van der Waals surface area contributed by atoms with Crippen molar-refractivity contribution in [2.45, 2.75) is 12.0 Å².